The lowest BCUT2D eigenvalue weighted by Crippen LogP contribution is -2.11. The van der Waals surface area contributed by atoms with Gasteiger partial charge >= 0.3 is 0 Å². The molecule has 0 spiro atoms. The monoisotopic (exact) mass is 257 g/mol. The Hall–Kier alpha value is -2.03. The molecule has 1 aromatic carbocycles. The van der Waals surface area contributed by atoms with E-state index >= 15 is 0 Å². The Balaban J connectivity index is 2.30. The van der Waals surface area contributed by atoms with Gasteiger partial charge in [0.1, 0.15) is 5.82 Å². The maximum Gasteiger partial charge on any atom is 0.194 e. The van der Waals surface area contributed by atoms with Gasteiger partial charge in [-0.3, -0.25) is 9.78 Å². The van der Waals surface area contributed by atoms with E-state index in [0.29, 0.717) is 5.56 Å². The summed E-state index contributed by atoms with van der Waals surface area (Å²) in [7, 11) is 0. The summed E-state index contributed by atoms with van der Waals surface area (Å²) in [4.78, 5) is 15.8. The number of halogens is 1. The van der Waals surface area contributed by atoms with Crippen LogP contribution in [-0.4, -0.2) is 10.8 Å². The van der Waals surface area contributed by atoms with Crippen molar-refractivity contribution in [1.29, 1.82) is 0 Å². The Kier molecular flexibility index (Phi) is 3.47. The normalized spacial score (nSPS) is 11.4. The third kappa shape index (κ3) is 3.05. The predicted octanol–water partition coefficient (Wildman–Crippen LogP) is 3.75. The first-order valence-corrected chi connectivity index (χ1v) is 6.14. The molecule has 0 radical (unpaired) electrons. The topological polar surface area (TPSA) is 30.0 Å². The first-order chi connectivity index (χ1) is 8.88. The average Bonchev–Trinajstić information content (AvgIpc) is 2.37. The summed E-state index contributed by atoms with van der Waals surface area (Å²) in [5.74, 6) is -0.718. The molecule has 0 fully saturated rings. The summed E-state index contributed by atoms with van der Waals surface area (Å²) >= 11 is 0. The van der Waals surface area contributed by atoms with Gasteiger partial charge in [-0.15, -0.1) is 0 Å². The molecule has 2 nitrogen and oxygen atoms in total. The van der Waals surface area contributed by atoms with Gasteiger partial charge in [0.05, 0.1) is 6.20 Å². The fraction of sp³-hybridized carbons (Fsp3) is 0.250. The molecule has 0 aliphatic carbocycles. The van der Waals surface area contributed by atoms with Crippen molar-refractivity contribution < 1.29 is 9.18 Å². The Morgan fingerprint density at radius 2 is 1.68 bits per heavy atom. The van der Waals surface area contributed by atoms with E-state index in [4.69, 9.17) is 0 Å². The number of hydrogen-bond donors (Lipinski definition) is 0. The number of nitrogens with zero attached hydrogens (tertiary/aromatic N) is 1. The maximum absolute atomic E-state index is 13.0. The molecule has 0 aliphatic rings. The van der Waals surface area contributed by atoms with Crippen LogP contribution in [0.4, 0.5) is 4.39 Å². The van der Waals surface area contributed by atoms with Gasteiger partial charge in [-0.1, -0.05) is 45.0 Å². The molecule has 19 heavy (non-hydrogen) atoms. The third-order valence-corrected chi connectivity index (χ3v) is 2.98. The van der Waals surface area contributed by atoms with Crippen LogP contribution in [0.25, 0.3) is 0 Å². The Morgan fingerprint density at radius 3 is 2.21 bits per heavy atom. The molecule has 0 N–H and O–H groups in total. The second-order valence-corrected chi connectivity index (χ2v) is 5.55. The van der Waals surface area contributed by atoms with Crippen molar-refractivity contribution in [2.24, 2.45) is 0 Å². The summed E-state index contributed by atoms with van der Waals surface area (Å²) in [6.45, 7) is 6.33. The Labute approximate surface area is 112 Å². The van der Waals surface area contributed by atoms with Gasteiger partial charge in [0.2, 0.25) is 0 Å². The Bertz CT molecular complexity index is 597. The van der Waals surface area contributed by atoms with Crippen LogP contribution in [0.15, 0.2) is 42.7 Å². The van der Waals surface area contributed by atoms with Crippen LogP contribution in [-0.2, 0) is 5.41 Å². The lowest BCUT2D eigenvalue weighted by molar-refractivity contribution is 0.103. The third-order valence-electron chi connectivity index (χ3n) is 2.98. The van der Waals surface area contributed by atoms with Crippen molar-refractivity contribution in [2.45, 2.75) is 26.2 Å². The molecule has 0 bridgehead atoms. The molecule has 98 valence electrons. The van der Waals surface area contributed by atoms with E-state index in [1.165, 1.54) is 12.3 Å². The smallest absolute Gasteiger partial charge is 0.194 e. The number of rotatable bonds is 2. The number of carbonyl (C=O) groups is 1. The van der Waals surface area contributed by atoms with E-state index in [-0.39, 0.29) is 16.8 Å². The van der Waals surface area contributed by atoms with Gasteiger partial charge in [0.25, 0.3) is 0 Å². The average molecular weight is 257 g/mol. The minimum Gasteiger partial charge on any atom is -0.289 e. The first kappa shape index (κ1) is 13.4. The molecule has 0 aliphatic heterocycles. The van der Waals surface area contributed by atoms with Crippen molar-refractivity contribution in [3.8, 4) is 0 Å². The van der Waals surface area contributed by atoms with Crippen LogP contribution in [0.3, 0.4) is 0 Å². The maximum atomic E-state index is 13.0. The van der Waals surface area contributed by atoms with E-state index in [1.807, 2.05) is 12.1 Å². The van der Waals surface area contributed by atoms with Crippen LogP contribution < -0.4 is 0 Å². The fourth-order valence-electron chi connectivity index (χ4n) is 1.82. The van der Waals surface area contributed by atoms with Gasteiger partial charge < -0.3 is 0 Å². The number of ketones is 1. The van der Waals surface area contributed by atoms with Gasteiger partial charge in [-0.25, -0.2) is 4.39 Å². The zero-order valence-corrected chi connectivity index (χ0v) is 11.3. The number of carbonyl (C=O) groups excluding carboxylic acids is 1. The molecule has 1 aromatic heterocycles. The van der Waals surface area contributed by atoms with E-state index in [2.05, 4.69) is 25.8 Å². The van der Waals surface area contributed by atoms with E-state index in [1.54, 1.807) is 12.1 Å². The highest BCUT2D eigenvalue weighted by molar-refractivity contribution is 6.08. The SMILES string of the molecule is CC(C)(C)c1ccc(C(=O)c2cncc(F)c2)cc1. The summed E-state index contributed by atoms with van der Waals surface area (Å²) in [6, 6.07) is 8.61. The summed E-state index contributed by atoms with van der Waals surface area (Å²) in [6.07, 6.45) is 2.46. The zero-order chi connectivity index (χ0) is 14.0. The van der Waals surface area contributed by atoms with Crippen LogP contribution in [0.2, 0.25) is 0 Å². The van der Waals surface area contributed by atoms with Crippen LogP contribution in [0.1, 0.15) is 42.3 Å². The van der Waals surface area contributed by atoms with Crippen molar-refractivity contribution >= 4 is 5.78 Å². The molecule has 0 unspecified atom stereocenters. The zero-order valence-electron chi connectivity index (χ0n) is 11.3. The van der Waals surface area contributed by atoms with Crippen molar-refractivity contribution in [3.05, 3.63) is 65.2 Å². The van der Waals surface area contributed by atoms with Gasteiger partial charge in [-0.2, -0.15) is 0 Å². The Morgan fingerprint density at radius 1 is 1.05 bits per heavy atom. The van der Waals surface area contributed by atoms with E-state index in [9.17, 15) is 9.18 Å². The molecule has 2 aromatic rings. The molecule has 0 amide bonds. The number of aromatic nitrogens is 1. The fourth-order valence-corrected chi connectivity index (χ4v) is 1.82. The lowest BCUT2D eigenvalue weighted by Gasteiger charge is -2.18. The minimum absolute atomic E-state index is 0.0436. The number of benzene rings is 1. The van der Waals surface area contributed by atoms with Crippen LogP contribution in [0, 0.1) is 5.82 Å². The first-order valence-electron chi connectivity index (χ1n) is 6.14. The largest absolute Gasteiger partial charge is 0.289 e. The van der Waals surface area contributed by atoms with Crippen molar-refractivity contribution in [1.82, 2.24) is 4.98 Å². The summed E-state index contributed by atoms with van der Waals surface area (Å²) < 4.78 is 13.0. The second-order valence-electron chi connectivity index (χ2n) is 5.55. The molecule has 2 rings (SSSR count). The predicted molar refractivity (Wildman–Crippen MR) is 72.8 cm³/mol. The van der Waals surface area contributed by atoms with Gasteiger partial charge in [0, 0.05) is 17.3 Å². The van der Waals surface area contributed by atoms with Crippen LogP contribution in [0.5, 0.6) is 0 Å². The lowest BCUT2D eigenvalue weighted by atomic mass is 9.86. The quantitative estimate of drug-likeness (QED) is 0.767. The molecule has 1 heterocycles. The number of hydrogen-bond acceptors (Lipinski definition) is 2. The number of pyridine rings is 1. The molecular formula is C16H16FNO. The summed E-state index contributed by atoms with van der Waals surface area (Å²) in [5.41, 5.74) is 2.01. The standard InChI is InChI=1S/C16H16FNO/c1-16(2,3)13-6-4-11(5-7-13)15(19)12-8-14(17)10-18-9-12/h4-10H,1-3H3. The van der Waals surface area contributed by atoms with Crippen molar-refractivity contribution in [2.75, 3.05) is 0 Å². The highest BCUT2D eigenvalue weighted by Crippen LogP contribution is 2.22. The molecule has 0 saturated heterocycles. The van der Waals surface area contributed by atoms with E-state index < -0.39 is 5.82 Å². The molecule has 3 heteroatoms. The van der Waals surface area contributed by atoms with Crippen molar-refractivity contribution in [3.63, 3.8) is 0 Å². The molecular weight excluding hydrogens is 241 g/mol. The van der Waals surface area contributed by atoms with Gasteiger partial charge in [0.15, 0.2) is 5.78 Å². The van der Waals surface area contributed by atoms with Gasteiger partial charge in [-0.05, 0) is 17.0 Å². The highest BCUT2D eigenvalue weighted by Gasteiger charge is 2.15. The minimum atomic E-state index is -0.503. The van der Waals surface area contributed by atoms with Crippen LogP contribution >= 0.6 is 0 Å². The molecule has 0 atom stereocenters. The second kappa shape index (κ2) is 4.92. The molecule has 0 saturated carbocycles. The van der Waals surface area contributed by atoms with E-state index in [0.717, 1.165) is 11.8 Å². The summed E-state index contributed by atoms with van der Waals surface area (Å²) in [5, 5.41) is 0. The highest BCUT2D eigenvalue weighted by atomic mass is 19.1.